The molecule has 0 heteroatoms. The van der Waals surface area contributed by atoms with Crippen molar-refractivity contribution in [3.05, 3.63) is 24.3 Å². The van der Waals surface area contributed by atoms with Crippen molar-refractivity contribution in [1.82, 2.24) is 0 Å². The standard InChI is InChI=1S/C6H8/c1-4-6(3)5-2/h4-5H,1,3H3/b6-4+. The fraction of sp³-hybridized carbons (Fsp3) is 0.333. The predicted molar refractivity (Wildman–Crippen MR) is 27.2 cm³/mol. The Morgan fingerprint density at radius 3 is 2.17 bits per heavy atom. The summed E-state index contributed by atoms with van der Waals surface area (Å²) >= 11 is 0. The van der Waals surface area contributed by atoms with Gasteiger partial charge in [-0.3, -0.25) is 0 Å². The molecule has 0 aromatic carbocycles. The quantitative estimate of drug-likeness (QED) is 0.421. The monoisotopic (exact) mass is 80.1 g/mol. The molecular weight excluding hydrogens is 72.1 g/mol. The van der Waals surface area contributed by atoms with Gasteiger partial charge in [0.05, 0.1) is 0 Å². The molecule has 0 aromatic rings. The van der Waals surface area contributed by atoms with E-state index in [1.165, 1.54) is 6.08 Å². The second-order valence-corrected chi connectivity index (χ2v) is 1.18. The average molecular weight is 80.1 g/mol. The molecule has 0 amide bonds. The van der Waals surface area contributed by atoms with Crippen molar-refractivity contribution < 1.29 is 0 Å². The topological polar surface area (TPSA) is 0 Å². The highest BCUT2D eigenvalue weighted by atomic mass is 13.7. The van der Waals surface area contributed by atoms with Crippen LogP contribution in [0.5, 0.6) is 0 Å². The second-order valence-electron chi connectivity index (χ2n) is 1.18. The maximum atomic E-state index is 6.62. The molecule has 0 N–H and O–H groups in total. The van der Waals surface area contributed by atoms with Gasteiger partial charge in [0.1, 0.15) is 0 Å². The lowest BCUT2D eigenvalue weighted by atomic mass is 10.3. The Bertz CT molecular complexity index is 68.1. The molecule has 0 saturated carbocycles. The second kappa shape index (κ2) is 2.70. The zero-order valence-electron chi connectivity index (χ0n) is 4.15. The largest absolute Gasteiger partial charge is 0.0847 e. The lowest BCUT2D eigenvalue weighted by Gasteiger charge is -1.77. The van der Waals surface area contributed by atoms with Crippen LogP contribution in [0, 0.1) is 6.58 Å². The van der Waals surface area contributed by atoms with Crippen LogP contribution in [0.3, 0.4) is 0 Å². The van der Waals surface area contributed by atoms with Crippen LogP contribution in [-0.4, -0.2) is 0 Å². The number of hydrogen-bond acceptors (Lipinski definition) is 0. The first kappa shape index (κ1) is 5.48. The summed E-state index contributed by atoms with van der Waals surface area (Å²) in [5.74, 6) is 0. The van der Waals surface area contributed by atoms with Gasteiger partial charge in [0.25, 0.3) is 0 Å². The highest BCUT2D eigenvalue weighted by Crippen LogP contribution is 1.87. The third-order valence-electron chi connectivity index (χ3n) is 0.683. The maximum absolute atomic E-state index is 6.62. The normalized spacial score (nSPS) is 11.3. The summed E-state index contributed by atoms with van der Waals surface area (Å²) in [6.07, 6.45) is 3.23. The molecule has 0 fully saturated rings. The smallest absolute Gasteiger partial charge is 0.00962 e. The first-order valence-electron chi connectivity index (χ1n) is 1.94. The highest BCUT2D eigenvalue weighted by Gasteiger charge is 1.67. The van der Waals surface area contributed by atoms with Crippen LogP contribution in [0.25, 0.3) is 0 Å². The summed E-state index contributed by atoms with van der Waals surface area (Å²) in [6, 6.07) is 0. The molecule has 0 atom stereocenters. The Morgan fingerprint density at radius 2 is 2.17 bits per heavy atom. The lowest BCUT2D eigenvalue weighted by molar-refractivity contribution is 1.48. The summed E-state index contributed by atoms with van der Waals surface area (Å²) in [5, 5.41) is 0. The van der Waals surface area contributed by atoms with E-state index in [1.807, 2.05) is 19.9 Å². The van der Waals surface area contributed by atoms with E-state index < -0.39 is 0 Å². The van der Waals surface area contributed by atoms with E-state index in [4.69, 9.17) is 6.58 Å². The van der Waals surface area contributed by atoms with E-state index in [-0.39, 0.29) is 0 Å². The zero-order chi connectivity index (χ0) is 4.99. The fourth-order valence-corrected chi connectivity index (χ4v) is 0.0833. The van der Waals surface area contributed by atoms with Crippen LogP contribution < -0.4 is 0 Å². The van der Waals surface area contributed by atoms with E-state index in [0.29, 0.717) is 0 Å². The summed E-state index contributed by atoms with van der Waals surface area (Å²) in [6.45, 7) is 10.4. The molecule has 0 aliphatic carbocycles. The highest BCUT2D eigenvalue weighted by molar-refractivity contribution is 5.09. The third kappa shape index (κ3) is 1.77. The van der Waals surface area contributed by atoms with Gasteiger partial charge in [-0.25, -0.2) is 0 Å². The SMILES string of the molecule is [C]=C/C(C)=C/C. The van der Waals surface area contributed by atoms with Crippen LogP contribution in [0.15, 0.2) is 17.7 Å². The van der Waals surface area contributed by atoms with Gasteiger partial charge in [-0.15, -0.1) is 0 Å². The van der Waals surface area contributed by atoms with Gasteiger partial charge >= 0.3 is 0 Å². The first-order valence-corrected chi connectivity index (χ1v) is 1.94. The number of hydrogen-bond donors (Lipinski definition) is 0. The Labute approximate surface area is 39.2 Å². The molecule has 2 radical (unpaired) electrons. The Balaban J connectivity index is 3.50. The van der Waals surface area contributed by atoms with E-state index in [0.717, 1.165) is 5.57 Å². The molecule has 0 unspecified atom stereocenters. The van der Waals surface area contributed by atoms with E-state index >= 15 is 0 Å². The average Bonchev–Trinajstić information content (AvgIpc) is 1.65. The molecule has 6 heavy (non-hydrogen) atoms. The minimum atomic E-state index is 1.01. The molecule has 0 aromatic heterocycles. The molecular formula is C6H8. The molecule has 0 aliphatic heterocycles. The minimum Gasteiger partial charge on any atom is -0.0847 e. The van der Waals surface area contributed by atoms with Crippen molar-refractivity contribution in [3.63, 3.8) is 0 Å². The Kier molecular flexibility index (Phi) is 2.47. The van der Waals surface area contributed by atoms with Gasteiger partial charge in [-0.1, -0.05) is 17.7 Å². The van der Waals surface area contributed by atoms with Gasteiger partial charge in [-0.05, 0) is 20.4 Å². The number of rotatable bonds is 1. The Hall–Kier alpha value is -0.520. The summed E-state index contributed by atoms with van der Waals surface area (Å²) in [7, 11) is 0. The molecule has 0 bridgehead atoms. The lowest BCUT2D eigenvalue weighted by Crippen LogP contribution is -1.57. The molecule has 0 rings (SSSR count). The molecule has 0 saturated heterocycles. The van der Waals surface area contributed by atoms with Crippen LogP contribution in [0.4, 0.5) is 0 Å². The predicted octanol–water partition coefficient (Wildman–Crippen LogP) is 1.82. The van der Waals surface area contributed by atoms with Gasteiger partial charge in [0.2, 0.25) is 0 Å². The minimum absolute atomic E-state index is 1.01. The molecule has 0 spiro atoms. The van der Waals surface area contributed by atoms with E-state index in [1.54, 1.807) is 0 Å². The van der Waals surface area contributed by atoms with Crippen molar-refractivity contribution in [2.45, 2.75) is 13.8 Å². The van der Waals surface area contributed by atoms with Crippen molar-refractivity contribution in [2.24, 2.45) is 0 Å². The van der Waals surface area contributed by atoms with Gasteiger partial charge in [0.15, 0.2) is 0 Å². The summed E-state index contributed by atoms with van der Waals surface area (Å²) in [5.41, 5.74) is 1.01. The third-order valence-corrected chi connectivity index (χ3v) is 0.683. The van der Waals surface area contributed by atoms with Crippen LogP contribution in [0.2, 0.25) is 0 Å². The van der Waals surface area contributed by atoms with Gasteiger partial charge in [0, 0.05) is 0 Å². The Morgan fingerprint density at radius 1 is 1.67 bits per heavy atom. The van der Waals surface area contributed by atoms with Crippen LogP contribution in [0.1, 0.15) is 13.8 Å². The van der Waals surface area contributed by atoms with Crippen LogP contribution >= 0.6 is 0 Å². The van der Waals surface area contributed by atoms with Crippen molar-refractivity contribution >= 4 is 0 Å². The molecule has 0 nitrogen and oxygen atoms in total. The first-order chi connectivity index (χ1) is 2.81. The molecule has 32 valence electrons. The van der Waals surface area contributed by atoms with E-state index in [2.05, 4.69) is 0 Å². The van der Waals surface area contributed by atoms with E-state index in [9.17, 15) is 0 Å². The van der Waals surface area contributed by atoms with Gasteiger partial charge < -0.3 is 0 Å². The molecule has 0 heterocycles. The van der Waals surface area contributed by atoms with Crippen molar-refractivity contribution in [3.8, 4) is 0 Å². The van der Waals surface area contributed by atoms with Gasteiger partial charge in [-0.2, -0.15) is 0 Å². The van der Waals surface area contributed by atoms with Crippen LogP contribution in [-0.2, 0) is 0 Å². The molecule has 0 aliphatic rings. The fourth-order valence-electron chi connectivity index (χ4n) is 0.0833. The number of allylic oxidation sites excluding steroid dienone is 3. The maximum Gasteiger partial charge on any atom is -0.00962 e. The zero-order valence-corrected chi connectivity index (χ0v) is 4.15. The summed E-state index contributed by atoms with van der Waals surface area (Å²) < 4.78 is 0. The summed E-state index contributed by atoms with van der Waals surface area (Å²) in [4.78, 5) is 0. The van der Waals surface area contributed by atoms with Crippen molar-refractivity contribution in [2.75, 3.05) is 0 Å². The van der Waals surface area contributed by atoms with Crippen molar-refractivity contribution in [1.29, 1.82) is 0 Å².